The molecule has 1 unspecified atom stereocenters. The molecule has 1 heterocycles. The third-order valence-corrected chi connectivity index (χ3v) is 9.09. The molecule has 1 aliphatic carbocycles. The van der Waals surface area contributed by atoms with E-state index in [4.69, 9.17) is 21.1 Å². The second-order valence-electron chi connectivity index (χ2n) is 12.3. The molecule has 7 nitrogen and oxygen atoms in total. The third-order valence-electron chi connectivity index (χ3n) is 9.09. The van der Waals surface area contributed by atoms with E-state index >= 15 is 0 Å². The lowest BCUT2D eigenvalue weighted by molar-refractivity contribution is -0.151. The largest absolute Gasteiger partial charge is 0.492 e. The first-order valence-corrected chi connectivity index (χ1v) is 14.6. The number of ether oxygens (including phenoxy) is 2. The molecule has 1 aliphatic heterocycles. The van der Waals surface area contributed by atoms with E-state index < -0.39 is 5.41 Å². The summed E-state index contributed by atoms with van der Waals surface area (Å²) in [6.45, 7) is 11.2. The van der Waals surface area contributed by atoms with Crippen LogP contribution in [0.2, 0.25) is 0 Å². The molecule has 0 spiro atoms. The summed E-state index contributed by atoms with van der Waals surface area (Å²) in [5, 5.41) is 1.52. The lowest BCUT2D eigenvalue weighted by Crippen LogP contribution is -2.34. The second-order valence-corrected chi connectivity index (χ2v) is 12.3. The Morgan fingerprint density at radius 2 is 1.83 bits per heavy atom. The van der Waals surface area contributed by atoms with E-state index in [-0.39, 0.29) is 11.9 Å². The van der Waals surface area contributed by atoms with Gasteiger partial charge in [-0.2, -0.15) is 0 Å². The first-order chi connectivity index (χ1) is 19.5. The number of carbonyl (C=O) groups excluding carboxylic acids is 1. The maximum atomic E-state index is 13.2. The zero-order chi connectivity index (χ0) is 29.5. The summed E-state index contributed by atoms with van der Waals surface area (Å²) in [5.41, 5.74) is 16.7. The van der Waals surface area contributed by atoms with Crippen LogP contribution in [0.1, 0.15) is 70.7 Å². The summed E-state index contributed by atoms with van der Waals surface area (Å²) in [6.07, 6.45) is 3.54. The maximum Gasteiger partial charge on any atom is 0.312 e. The van der Waals surface area contributed by atoms with Crippen LogP contribution < -0.4 is 21.3 Å². The van der Waals surface area contributed by atoms with Crippen LogP contribution >= 0.6 is 0 Å². The number of nitrogens with zero attached hydrogens (tertiary/aromatic N) is 2. The van der Waals surface area contributed by atoms with Crippen LogP contribution in [0, 0.1) is 19.3 Å². The van der Waals surface area contributed by atoms with Gasteiger partial charge in [0.15, 0.2) is 0 Å². The van der Waals surface area contributed by atoms with E-state index in [9.17, 15) is 4.79 Å². The van der Waals surface area contributed by atoms with Crippen LogP contribution in [-0.4, -0.2) is 38.2 Å². The molecule has 0 fully saturated rings. The summed E-state index contributed by atoms with van der Waals surface area (Å²) in [5.74, 6) is 6.53. The Morgan fingerprint density at radius 1 is 1.10 bits per heavy atom. The number of fused-ring (bicyclic) bond motifs is 2. The molecule has 0 bridgehead atoms. The predicted molar refractivity (Wildman–Crippen MR) is 165 cm³/mol. The van der Waals surface area contributed by atoms with Crippen molar-refractivity contribution >= 4 is 17.3 Å². The van der Waals surface area contributed by atoms with Crippen molar-refractivity contribution in [1.29, 1.82) is 0 Å². The molecule has 0 saturated carbocycles. The average molecular weight is 557 g/mol. The minimum Gasteiger partial charge on any atom is -0.492 e. The fraction of sp³-hybridized carbons (Fsp3) is 0.441. The fourth-order valence-corrected chi connectivity index (χ4v) is 6.65. The number of rotatable bonds is 7. The number of methoxy groups -OCH3 is 1. The van der Waals surface area contributed by atoms with Gasteiger partial charge in [0.1, 0.15) is 12.4 Å². The summed E-state index contributed by atoms with van der Waals surface area (Å²) in [6, 6.07) is 15.2. The van der Waals surface area contributed by atoms with Gasteiger partial charge in [0.05, 0.1) is 23.9 Å². The number of benzene rings is 3. The van der Waals surface area contributed by atoms with Crippen LogP contribution in [0.4, 0.5) is 11.4 Å². The van der Waals surface area contributed by atoms with Gasteiger partial charge in [-0.1, -0.05) is 30.3 Å². The third kappa shape index (κ3) is 5.53. The molecule has 218 valence electrons. The molecule has 4 N–H and O–H groups in total. The number of nitrogens with two attached hydrogens (primary N) is 2. The molecular formula is C34H44N4O3. The van der Waals surface area contributed by atoms with Crippen molar-refractivity contribution < 1.29 is 14.3 Å². The molecule has 0 radical (unpaired) electrons. The number of hydrogen-bond donors (Lipinski definition) is 2. The van der Waals surface area contributed by atoms with Gasteiger partial charge in [0.25, 0.3) is 0 Å². The van der Waals surface area contributed by atoms with Crippen LogP contribution in [-0.2, 0) is 35.5 Å². The van der Waals surface area contributed by atoms with Crippen molar-refractivity contribution in [2.45, 2.75) is 66.0 Å². The number of aryl methyl sites for hydroxylation is 3. The highest BCUT2D eigenvalue weighted by atomic mass is 16.5. The lowest BCUT2D eigenvalue weighted by atomic mass is 9.69. The first kappa shape index (κ1) is 29.0. The zero-order valence-corrected chi connectivity index (χ0v) is 25.3. The Kier molecular flexibility index (Phi) is 8.04. The van der Waals surface area contributed by atoms with Gasteiger partial charge in [-0.15, -0.1) is 0 Å². The number of esters is 1. The zero-order valence-electron chi connectivity index (χ0n) is 25.3. The van der Waals surface area contributed by atoms with Gasteiger partial charge < -0.3 is 20.2 Å². The number of hydrogen-bond acceptors (Lipinski definition) is 7. The van der Waals surface area contributed by atoms with Crippen LogP contribution in [0.3, 0.4) is 0 Å². The van der Waals surface area contributed by atoms with Crippen LogP contribution in [0.15, 0.2) is 42.5 Å². The minimum absolute atomic E-state index is 0.267. The molecule has 3 aromatic rings. The van der Waals surface area contributed by atoms with Crippen LogP contribution in [0.25, 0.3) is 0 Å². The van der Waals surface area contributed by atoms with Gasteiger partial charge >= 0.3 is 5.97 Å². The monoisotopic (exact) mass is 556 g/mol. The molecule has 3 aromatic carbocycles. The fourth-order valence-electron chi connectivity index (χ4n) is 6.65. The predicted octanol–water partition coefficient (Wildman–Crippen LogP) is 5.41. The van der Waals surface area contributed by atoms with Crippen molar-refractivity contribution in [1.82, 2.24) is 4.90 Å². The molecule has 7 heteroatoms. The van der Waals surface area contributed by atoms with E-state index in [2.05, 4.69) is 42.2 Å². The van der Waals surface area contributed by atoms with Crippen molar-refractivity contribution in [2.24, 2.45) is 11.3 Å². The molecule has 1 atom stereocenters. The highest BCUT2D eigenvalue weighted by molar-refractivity contribution is 5.80. The lowest BCUT2D eigenvalue weighted by Gasteiger charge is -2.35. The van der Waals surface area contributed by atoms with Gasteiger partial charge in [-0.3, -0.25) is 9.69 Å². The Morgan fingerprint density at radius 3 is 2.54 bits per heavy atom. The first-order valence-electron chi connectivity index (χ1n) is 14.6. The van der Waals surface area contributed by atoms with Crippen LogP contribution in [0.5, 0.6) is 5.75 Å². The van der Waals surface area contributed by atoms with Gasteiger partial charge in [-0.25, -0.2) is 5.84 Å². The smallest absolute Gasteiger partial charge is 0.312 e. The molecule has 5 rings (SSSR count). The molecule has 0 saturated heterocycles. The van der Waals surface area contributed by atoms with Crippen molar-refractivity contribution in [3.8, 4) is 5.75 Å². The normalized spacial score (nSPS) is 15.9. The quantitative estimate of drug-likeness (QED) is 0.174. The summed E-state index contributed by atoms with van der Waals surface area (Å²) in [7, 11) is 3.22. The van der Waals surface area contributed by atoms with E-state index in [1.807, 2.05) is 32.9 Å². The standard InChI is InChI=1S/C34H44N4O3/c1-21-10-11-25(31(34(3,4)33(39)40-6)28-12-13-29(37(5)36)32(35)22(28)2)17-26(21)19-38-14-15-41-30-18-24-9-7-8-23(24)16-27(30)20-38/h10-13,16-18,31H,7-9,14-15,19-20,35-36H2,1-6H3. The van der Waals surface area contributed by atoms with E-state index in [1.54, 1.807) is 7.05 Å². The van der Waals surface area contributed by atoms with Crippen molar-refractivity contribution in [3.63, 3.8) is 0 Å². The van der Waals surface area contributed by atoms with Gasteiger partial charge in [-0.05, 0) is 98.0 Å². The van der Waals surface area contributed by atoms with E-state index in [0.717, 1.165) is 60.6 Å². The van der Waals surface area contributed by atoms with E-state index in [0.29, 0.717) is 12.3 Å². The summed E-state index contributed by atoms with van der Waals surface area (Å²) >= 11 is 0. The Balaban J connectivity index is 1.52. The second kappa shape index (κ2) is 11.4. The molecular weight excluding hydrogens is 512 g/mol. The highest BCUT2D eigenvalue weighted by Gasteiger charge is 2.41. The number of nitrogen functional groups attached to an aromatic ring is 1. The average Bonchev–Trinajstić information content (AvgIpc) is 3.30. The van der Waals surface area contributed by atoms with Crippen molar-refractivity contribution in [2.75, 3.05) is 38.1 Å². The molecule has 0 amide bonds. The number of hydrazine groups is 1. The summed E-state index contributed by atoms with van der Waals surface area (Å²) in [4.78, 5) is 15.7. The maximum absolute atomic E-state index is 13.2. The topological polar surface area (TPSA) is 94.0 Å². The molecule has 41 heavy (non-hydrogen) atoms. The molecule has 2 aliphatic rings. The Bertz CT molecular complexity index is 1460. The molecule has 0 aromatic heterocycles. The summed E-state index contributed by atoms with van der Waals surface area (Å²) < 4.78 is 11.5. The van der Waals surface area contributed by atoms with Crippen molar-refractivity contribution in [3.05, 3.63) is 87.0 Å². The minimum atomic E-state index is -0.843. The highest BCUT2D eigenvalue weighted by Crippen LogP contribution is 2.45. The number of anilines is 2. The Hall–Kier alpha value is -3.55. The SMILES string of the molecule is COC(=O)C(C)(C)C(c1ccc(C)c(CN2CCOc3cc4c(cc3C2)CCC4)c1)c1ccc(N(C)N)c(N)c1C. The van der Waals surface area contributed by atoms with Gasteiger partial charge in [0.2, 0.25) is 0 Å². The number of carbonyl (C=O) groups is 1. The Labute approximate surface area is 244 Å². The van der Waals surface area contributed by atoms with Gasteiger partial charge in [0, 0.05) is 38.2 Å². The van der Waals surface area contributed by atoms with E-state index in [1.165, 1.54) is 46.4 Å².